The molecule has 1 aromatic heterocycles. The normalized spacial score (nSPS) is 11.0. The molecule has 0 aliphatic heterocycles. The second kappa shape index (κ2) is 10.8. The lowest BCUT2D eigenvalue weighted by Gasteiger charge is -2.14. The zero-order valence-corrected chi connectivity index (χ0v) is 17.9. The molecule has 0 saturated heterocycles. The molecule has 0 fully saturated rings. The molecule has 0 aliphatic rings. The number of nitrogens with one attached hydrogen (secondary N) is 2. The summed E-state index contributed by atoms with van der Waals surface area (Å²) >= 11 is 1.65. The molecule has 152 valence electrons. The zero-order valence-electron chi connectivity index (χ0n) is 17.1. The second-order valence-corrected chi connectivity index (χ2v) is 8.36. The van der Waals surface area contributed by atoms with Gasteiger partial charge in [0.05, 0.1) is 38.3 Å². The summed E-state index contributed by atoms with van der Waals surface area (Å²) in [5.41, 5.74) is 2.89. The minimum Gasteiger partial charge on any atom is -0.379 e. The van der Waals surface area contributed by atoms with Gasteiger partial charge in [-0.3, -0.25) is 4.79 Å². The minimum absolute atomic E-state index is 0.0656. The molecule has 0 spiro atoms. The number of anilines is 1. The molecule has 0 unspecified atom stereocenters. The number of quaternary nitrogens is 1. The van der Waals surface area contributed by atoms with Crippen LogP contribution in [0.3, 0.4) is 0 Å². The van der Waals surface area contributed by atoms with E-state index in [0.717, 1.165) is 35.7 Å². The predicted octanol–water partition coefficient (Wildman–Crippen LogP) is 2.53. The molecule has 0 amide bonds. The highest BCUT2D eigenvalue weighted by atomic mass is 32.2. The maximum atomic E-state index is 13.2. The highest BCUT2D eigenvalue weighted by Crippen LogP contribution is 2.27. The molecule has 29 heavy (non-hydrogen) atoms. The van der Waals surface area contributed by atoms with Crippen LogP contribution in [-0.4, -0.2) is 37.0 Å². The van der Waals surface area contributed by atoms with E-state index >= 15 is 0 Å². The first-order valence-corrected chi connectivity index (χ1v) is 11.0. The lowest BCUT2D eigenvalue weighted by molar-refractivity contribution is -0.858. The summed E-state index contributed by atoms with van der Waals surface area (Å²) in [5.74, 6) is 0.807. The Morgan fingerprint density at radius 2 is 1.66 bits per heavy atom. The molecule has 3 aromatic rings. The van der Waals surface area contributed by atoms with Gasteiger partial charge in [-0.05, 0) is 11.1 Å². The van der Waals surface area contributed by atoms with E-state index in [1.807, 2.05) is 54.7 Å². The van der Waals surface area contributed by atoms with Gasteiger partial charge < -0.3 is 10.2 Å². The minimum atomic E-state index is -0.0656. The molecule has 0 atom stereocenters. The second-order valence-electron chi connectivity index (χ2n) is 7.34. The lowest BCUT2D eigenvalue weighted by atomic mass is 10.2. The highest BCUT2D eigenvalue weighted by molar-refractivity contribution is 7.98. The van der Waals surface area contributed by atoms with Gasteiger partial charge >= 0.3 is 0 Å². The maximum absolute atomic E-state index is 13.2. The molecular formula is C23H29N4OS+. The van der Waals surface area contributed by atoms with E-state index in [9.17, 15) is 4.79 Å². The quantitative estimate of drug-likeness (QED) is 0.399. The molecule has 0 saturated carbocycles. The number of aromatic nitrogens is 2. The fraction of sp³-hybridized carbons (Fsp3) is 0.304. The van der Waals surface area contributed by atoms with Gasteiger partial charge in [0.2, 0.25) is 0 Å². The number of benzene rings is 2. The lowest BCUT2D eigenvalue weighted by Crippen LogP contribution is -3.05. The molecule has 0 bridgehead atoms. The predicted molar refractivity (Wildman–Crippen MR) is 121 cm³/mol. The van der Waals surface area contributed by atoms with Crippen LogP contribution in [0.15, 0.2) is 76.6 Å². The molecule has 2 aromatic carbocycles. The molecule has 0 aliphatic carbocycles. The van der Waals surface area contributed by atoms with Gasteiger partial charge in [-0.15, -0.1) is 11.8 Å². The molecule has 1 heterocycles. The topological polar surface area (TPSA) is 51.4 Å². The van der Waals surface area contributed by atoms with Crippen molar-refractivity contribution in [2.45, 2.75) is 23.6 Å². The van der Waals surface area contributed by atoms with Gasteiger partial charge in [-0.1, -0.05) is 60.7 Å². The number of rotatable bonds is 10. The Labute approximate surface area is 176 Å². The standard InChI is InChI=1S/C23H28N4OS/c1-26(2)15-9-14-24-22-21(29-18-20-12-7-4-8-13-20)16-25-27(23(22)28)17-19-10-5-3-6-11-19/h3-8,10-13,16,24H,9,14-15,17-18H2,1-2H3/p+1. The maximum Gasteiger partial charge on any atom is 0.291 e. The number of nitrogens with zero attached hydrogens (tertiary/aromatic N) is 2. The SMILES string of the molecule is C[NH+](C)CCCNc1c(SCc2ccccc2)cnn(Cc2ccccc2)c1=O. The highest BCUT2D eigenvalue weighted by Gasteiger charge is 2.13. The van der Waals surface area contributed by atoms with E-state index in [-0.39, 0.29) is 5.56 Å². The van der Waals surface area contributed by atoms with Crippen molar-refractivity contribution in [3.05, 3.63) is 88.3 Å². The van der Waals surface area contributed by atoms with Gasteiger partial charge in [0.15, 0.2) is 0 Å². The van der Waals surface area contributed by atoms with Crippen molar-refractivity contribution >= 4 is 17.4 Å². The molecule has 3 rings (SSSR count). The molecule has 2 N–H and O–H groups in total. The van der Waals surface area contributed by atoms with E-state index in [0.29, 0.717) is 12.2 Å². The zero-order chi connectivity index (χ0) is 20.5. The average molecular weight is 410 g/mol. The molecule has 0 radical (unpaired) electrons. The monoisotopic (exact) mass is 409 g/mol. The smallest absolute Gasteiger partial charge is 0.291 e. The van der Waals surface area contributed by atoms with Gasteiger partial charge in [-0.2, -0.15) is 5.10 Å². The van der Waals surface area contributed by atoms with E-state index < -0.39 is 0 Å². The number of thioether (sulfide) groups is 1. The third-order valence-corrected chi connectivity index (χ3v) is 5.67. The summed E-state index contributed by atoms with van der Waals surface area (Å²) in [4.78, 5) is 15.5. The van der Waals surface area contributed by atoms with Crippen molar-refractivity contribution in [3.8, 4) is 0 Å². The first-order valence-electron chi connectivity index (χ1n) is 9.97. The van der Waals surface area contributed by atoms with Gasteiger partial charge in [0.25, 0.3) is 5.56 Å². The summed E-state index contributed by atoms with van der Waals surface area (Å²) in [5, 5.41) is 7.83. The summed E-state index contributed by atoms with van der Waals surface area (Å²) in [7, 11) is 4.28. The van der Waals surface area contributed by atoms with Gasteiger partial charge in [0, 0.05) is 18.7 Å². The van der Waals surface area contributed by atoms with Crippen LogP contribution in [-0.2, 0) is 12.3 Å². The Morgan fingerprint density at radius 3 is 2.31 bits per heavy atom. The van der Waals surface area contributed by atoms with E-state index in [1.165, 1.54) is 10.5 Å². The molecule has 6 heteroatoms. The van der Waals surface area contributed by atoms with Crippen LogP contribution in [0, 0.1) is 0 Å². The Morgan fingerprint density at radius 1 is 1.00 bits per heavy atom. The van der Waals surface area contributed by atoms with Crippen LogP contribution in [0.5, 0.6) is 0 Å². The largest absolute Gasteiger partial charge is 0.379 e. The van der Waals surface area contributed by atoms with E-state index in [1.54, 1.807) is 16.4 Å². The van der Waals surface area contributed by atoms with Crippen molar-refractivity contribution < 1.29 is 4.90 Å². The van der Waals surface area contributed by atoms with E-state index in [4.69, 9.17) is 0 Å². The Hall–Kier alpha value is -2.57. The number of hydrogen-bond acceptors (Lipinski definition) is 4. The molecular weight excluding hydrogens is 380 g/mol. The summed E-state index contributed by atoms with van der Waals surface area (Å²) < 4.78 is 1.54. The Bertz CT molecular complexity index is 942. The summed E-state index contributed by atoms with van der Waals surface area (Å²) in [6, 6.07) is 20.2. The fourth-order valence-electron chi connectivity index (χ4n) is 3.01. The third-order valence-electron chi connectivity index (χ3n) is 4.58. The van der Waals surface area contributed by atoms with Crippen LogP contribution >= 0.6 is 11.8 Å². The van der Waals surface area contributed by atoms with Crippen molar-refractivity contribution in [1.82, 2.24) is 9.78 Å². The summed E-state index contributed by atoms with van der Waals surface area (Å²) in [6.07, 6.45) is 2.82. The molecule has 5 nitrogen and oxygen atoms in total. The van der Waals surface area contributed by atoms with Crippen LogP contribution < -0.4 is 15.8 Å². The average Bonchev–Trinajstić information content (AvgIpc) is 2.74. The Balaban J connectivity index is 1.79. The summed E-state index contributed by atoms with van der Waals surface area (Å²) in [6.45, 7) is 2.30. The number of hydrogen-bond donors (Lipinski definition) is 2. The van der Waals surface area contributed by atoms with Crippen LogP contribution in [0.4, 0.5) is 5.69 Å². The van der Waals surface area contributed by atoms with Crippen molar-refractivity contribution in [3.63, 3.8) is 0 Å². The Kier molecular flexibility index (Phi) is 7.90. The fourth-order valence-corrected chi connectivity index (χ4v) is 3.95. The van der Waals surface area contributed by atoms with Gasteiger partial charge in [-0.25, -0.2) is 4.68 Å². The van der Waals surface area contributed by atoms with Crippen molar-refractivity contribution in [2.24, 2.45) is 0 Å². The van der Waals surface area contributed by atoms with Crippen LogP contribution in [0.25, 0.3) is 0 Å². The van der Waals surface area contributed by atoms with Crippen LogP contribution in [0.2, 0.25) is 0 Å². The third kappa shape index (κ3) is 6.48. The van der Waals surface area contributed by atoms with Gasteiger partial charge in [0.1, 0.15) is 5.69 Å². The first-order chi connectivity index (χ1) is 14.1. The van der Waals surface area contributed by atoms with Crippen molar-refractivity contribution in [1.29, 1.82) is 0 Å². The van der Waals surface area contributed by atoms with Crippen molar-refractivity contribution in [2.75, 3.05) is 32.5 Å². The van der Waals surface area contributed by atoms with Crippen LogP contribution in [0.1, 0.15) is 17.5 Å². The first kappa shape index (κ1) is 21.1. The van der Waals surface area contributed by atoms with E-state index in [2.05, 4.69) is 36.6 Å².